The number of anilines is 2. The van der Waals surface area contributed by atoms with Gasteiger partial charge in [0.2, 0.25) is 11.9 Å². The molecule has 182 valence electrons. The summed E-state index contributed by atoms with van der Waals surface area (Å²) in [5, 5.41) is 7.66. The van der Waals surface area contributed by atoms with Crippen molar-refractivity contribution >= 4 is 34.6 Å². The first-order valence-corrected chi connectivity index (χ1v) is 11.0. The number of ether oxygens (including phenoxy) is 1. The third-order valence-electron chi connectivity index (χ3n) is 6.19. The van der Waals surface area contributed by atoms with E-state index in [4.69, 9.17) is 16.2 Å². The number of amides is 2. The number of benzene rings is 1. The Morgan fingerprint density at radius 2 is 2.14 bits per heavy atom. The molecule has 2 amide bonds. The van der Waals surface area contributed by atoms with Gasteiger partial charge >= 0.3 is 0 Å². The third-order valence-corrected chi connectivity index (χ3v) is 6.19. The first-order chi connectivity index (χ1) is 16.8. The van der Waals surface area contributed by atoms with Gasteiger partial charge in [-0.3, -0.25) is 9.59 Å². The van der Waals surface area contributed by atoms with E-state index in [-0.39, 0.29) is 29.2 Å². The average Bonchev–Trinajstić information content (AvgIpc) is 3.50. The summed E-state index contributed by atoms with van der Waals surface area (Å²) in [6.45, 7) is 4.36. The summed E-state index contributed by atoms with van der Waals surface area (Å²) in [6.07, 6.45) is 1.87. The Hall–Kier alpha value is -4.30. The van der Waals surface area contributed by atoms with Crippen LogP contribution in [0.1, 0.15) is 34.1 Å². The molecule has 35 heavy (non-hydrogen) atoms. The lowest BCUT2D eigenvalue weighted by molar-refractivity contribution is -0.127. The summed E-state index contributed by atoms with van der Waals surface area (Å²) < 4.78 is 8.78. The number of likely N-dealkylation sites (tertiary alicyclic amines) is 1. The lowest BCUT2D eigenvalue weighted by Crippen LogP contribution is -2.37. The highest BCUT2D eigenvalue weighted by Gasteiger charge is 2.37. The summed E-state index contributed by atoms with van der Waals surface area (Å²) in [7, 11) is 5.11. The van der Waals surface area contributed by atoms with Crippen molar-refractivity contribution in [3.8, 4) is 11.8 Å². The molecule has 0 unspecified atom stereocenters. The molecule has 0 aliphatic carbocycles. The molecular formula is C24H28N8O3. The van der Waals surface area contributed by atoms with Crippen molar-refractivity contribution in [1.82, 2.24) is 24.2 Å². The normalized spacial score (nSPS) is 17.3. The molecule has 0 saturated carbocycles. The van der Waals surface area contributed by atoms with Crippen LogP contribution in [0.2, 0.25) is 0 Å². The van der Waals surface area contributed by atoms with E-state index in [0.717, 1.165) is 11.0 Å². The van der Waals surface area contributed by atoms with Crippen LogP contribution in [0.5, 0.6) is 0 Å². The number of aromatic nitrogens is 4. The van der Waals surface area contributed by atoms with Gasteiger partial charge in [0.05, 0.1) is 29.7 Å². The molecule has 0 bridgehead atoms. The second kappa shape index (κ2) is 9.52. The molecule has 1 fully saturated rings. The smallest absolute Gasteiger partial charge is 0.255 e. The fourth-order valence-corrected chi connectivity index (χ4v) is 4.49. The van der Waals surface area contributed by atoms with Crippen LogP contribution in [-0.4, -0.2) is 69.4 Å². The van der Waals surface area contributed by atoms with Crippen molar-refractivity contribution in [3.63, 3.8) is 0 Å². The minimum absolute atomic E-state index is 0.145. The fourth-order valence-electron chi connectivity index (χ4n) is 4.49. The van der Waals surface area contributed by atoms with Crippen LogP contribution >= 0.6 is 0 Å². The largest absolute Gasteiger partial charge is 0.383 e. The monoisotopic (exact) mass is 476 g/mol. The van der Waals surface area contributed by atoms with Crippen LogP contribution < -0.4 is 16.8 Å². The van der Waals surface area contributed by atoms with E-state index in [9.17, 15) is 9.59 Å². The molecule has 11 nitrogen and oxygen atoms in total. The summed E-state index contributed by atoms with van der Waals surface area (Å²) in [4.78, 5) is 30.8. The zero-order chi connectivity index (χ0) is 25.3. The number of hydrogen-bond acceptors (Lipinski definition) is 7. The minimum atomic E-state index is -0.650. The lowest BCUT2D eigenvalue weighted by Gasteiger charge is -2.22. The van der Waals surface area contributed by atoms with Crippen LogP contribution in [-0.2, 0) is 16.6 Å². The number of rotatable bonds is 6. The Bertz CT molecular complexity index is 1380. The van der Waals surface area contributed by atoms with Gasteiger partial charge in [-0.1, -0.05) is 12.5 Å². The van der Waals surface area contributed by atoms with Crippen LogP contribution in [0.4, 0.5) is 11.8 Å². The number of carbonyl (C=O) groups is 2. The molecule has 2 aromatic heterocycles. The predicted molar refractivity (Wildman–Crippen MR) is 133 cm³/mol. The highest BCUT2D eigenvalue weighted by molar-refractivity contribution is 6.00. The summed E-state index contributed by atoms with van der Waals surface area (Å²) >= 11 is 0. The van der Waals surface area contributed by atoms with Gasteiger partial charge in [-0.25, -0.2) is 9.67 Å². The Morgan fingerprint density at radius 3 is 2.80 bits per heavy atom. The van der Waals surface area contributed by atoms with Gasteiger partial charge in [0.25, 0.3) is 5.91 Å². The quantitative estimate of drug-likeness (QED) is 0.353. The molecule has 1 saturated heterocycles. The van der Waals surface area contributed by atoms with Gasteiger partial charge in [0.15, 0.2) is 5.69 Å². The van der Waals surface area contributed by atoms with E-state index >= 15 is 0 Å². The van der Waals surface area contributed by atoms with Crippen molar-refractivity contribution in [1.29, 1.82) is 0 Å². The van der Waals surface area contributed by atoms with E-state index < -0.39 is 5.91 Å². The summed E-state index contributed by atoms with van der Waals surface area (Å²) in [5.74, 6) is 6.06. The van der Waals surface area contributed by atoms with Gasteiger partial charge in [-0.05, 0) is 36.6 Å². The Kier molecular flexibility index (Phi) is 6.48. The molecule has 3 aromatic rings. The SMILES string of the molecule is C=CC(=O)N1C[C@@H](n2nc(C#Cc3ccc4c(c3)nc(N)n4C)c(C(N)=O)c2NC)C[C@@H]1COC. The zero-order valence-electron chi connectivity index (χ0n) is 19.9. The molecule has 1 aliphatic heterocycles. The van der Waals surface area contributed by atoms with Gasteiger partial charge in [-0.2, -0.15) is 5.10 Å². The summed E-state index contributed by atoms with van der Waals surface area (Å²) in [6, 6.07) is 5.21. The topological polar surface area (TPSA) is 146 Å². The first-order valence-electron chi connectivity index (χ1n) is 11.0. The van der Waals surface area contributed by atoms with Crippen molar-refractivity contribution < 1.29 is 14.3 Å². The summed E-state index contributed by atoms with van der Waals surface area (Å²) in [5.41, 5.74) is 14.3. The van der Waals surface area contributed by atoms with Crippen LogP contribution in [0.15, 0.2) is 30.9 Å². The lowest BCUT2D eigenvalue weighted by atomic mass is 10.1. The fraction of sp³-hybridized carbons (Fsp3) is 0.333. The second-order valence-corrected chi connectivity index (χ2v) is 8.31. The average molecular weight is 477 g/mol. The second-order valence-electron chi connectivity index (χ2n) is 8.31. The van der Waals surface area contributed by atoms with Crippen LogP contribution in [0, 0.1) is 11.8 Å². The van der Waals surface area contributed by atoms with Crippen molar-refractivity contribution in [2.24, 2.45) is 12.8 Å². The molecule has 0 spiro atoms. The number of fused-ring (bicyclic) bond motifs is 1. The maximum atomic E-state index is 12.4. The Morgan fingerprint density at radius 1 is 1.37 bits per heavy atom. The number of nitrogens with two attached hydrogens (primary N) is 2. The van der Waals surface area contributed by atoms with E-state index in [2.05, 4.69) is 33.8 Å². The van der Waals surface area contributed by atoms with Gasteiger partial charge in [0.1, 0.15) is 11.4 Å². The standard InChI is InChI=1S/C24H28N8O3/c1-5-20(33)31-12-15(11-16(31)13-35-4)32-23(27-2)21(22(25)34)17(29-32)8-6-14-7-9-19-18(10-14)28-24(26)30(19)3/h5,7,9-10,15-16,27H,1,11-13H2,2-4H3,(H2,25,34)(H2,26,28)/t15-,16+/m0/s1. The predicted octanol–water partition coefficient (Wildman–Crippen LogP) is 0.867. The Labute approximate surface area is 202 Å². The minimum Gasteiger partial charge on any atom is -0.383 e. The molecule has 3 heterocycles. The van der Waals surface area contributed by atoms with Crippen molar-refractivity contribution in [2.75, 3.05) is 38.4 Å². The highest BCUT2D eigenvalue weighted by Crippen LogP contribution is 2.32. The van der Waals surface area contributed by atoms with Gasteiger partial charge in [-0.15, -0.1) is 0 Å². The van der Waals surface area contributed by atoms with E-state index in [1.807, 2.05) is 25.2 Å². The Balaban J connectivity index is 1.73. The van der Waals surface area contributed by atoms with Gasteiger partial charge < -0.3 is 31.0 Å². The zero-order valence-corrected chi connectivity index (χ0v) is 19.9. The highest BCUT2D eigenvalue weighted by atomic mass is 16.5. The number of hydrogen-bond donors (Lipinski definition) is 3. The first kappa shape index (κ1) is 23.8. The van der Waals surface area contributed by atoms with Gasteiger partial charge in [0, 0.05) is 33.3 Å². The van der Waals surface area contributed by atoms with E-state index in [1.165, 1.54) is 6.08 Å². The molecular weight excluding hydrogens is 448 g/mol. The van der Waals surface area contributed by atoms with Crippen molar-refractivity contribution in [3.05, 3.63) is 47.7 Å². The number of imidazole rings is 1. The molecule has 4 rings (SSSR count). The van der Waals surface area contributed by atoms with Crippen LogP contribution in [0.3, 0.4) is 0 Å². The van der Waals surface area contributed by atoms with E-state index in [1.54, 1.807) is 28.3 Å². The number of nitrogen functional groups attached to an aromatic ring is 1. The number of aryl methyl sites for hydroxylation is 1. The van der Waals surface area contributed by atoms with Crippen LogP contribution in [0.25, 0.3) is 11.0 Å². The molecule has 11 heteroatoms. The molecule has 5 N–H and O–H groups in total. The number of primary amides is 1. The number of nitrogens with zero attached hydrogens (tertiary/aromatic N) is 5. The molecule has 2 atom stereocenters. The third kappa shape index (κ3) is 4.31. The van der Waals surface area contributed by atoms with Crippen molar-refractivity contribution in [2.45, 2.75) is 18.5 Å². The molecule has 0 radical (unpaired) electrons. The number of methoxy groups -OCH3 is 1. The maximum Gasteiger partial charge on any atom is 0.255 e. The molecule has 1 aliphatic rings. The molecule has 1 aromatic carbocycles. The number of nitrogens with one attached hydrogen (secondary N) is 1. The number of carbonyl (C=O) groups excluding carboxylic acids is 2. The van der Waals surface area contributed by atoms with E-state index in [0.29, 0.717) is 36.9 Å². The maximum absolute atomic E-state index is 12.4.